The molecule has 2 N–H and O–H groups in total. The molecule has 3 nitrogen and oxygen atoms in total. The number of hydrogen-bond donors (Lipinski definition) is 1. The van der Waals surface area contributed by atoms with Gasteiger partial charge >= 0.3 is 0 Å². The normalized spacial score (nSPS) is 10.8. The standard InChI is InChI=1S/C11H11F2N3/c1-16-6-15-10(5-14)11(16)8-4-7(12)2-3-9(8)13/h2-4,6H,5,14H2,1H3. The Balaban J connectivity index is 2.66. The smallest absolute Gasteiger partial charge is 0.132 e. The molecular weight excluding hydrogens is 212 g/mol. The minimum Gasteiger partial charge on any atom is -0.333 e. The van der Waals surface area contributed by atoms with Gasteiger partial charge in [0.2, 0.25) is 0 Å². The second-order valence-corrected chi connectivity index (χ2v) is 3.48. The van der Waals surface area contributed by atoms with E-state index in [0.29, 0.717) is 11.4 Å². The molecule has 1 aromatic heterocycles. The van der Waals surface area contributed by atoms with Crippen molar-refractivity contribution in [2.75, 3.05) is 0 Å². The molecule has 2 aromatic rings. The molecule has 0 aliphatic heterocycles. The van der Waals surface area contributed by atoms with Gasteiger partial charge in [0.1, 0.15) is 11.6 Å². The van der Waals surface area contributed by atoms with Crippen molar-refractivity contribution in [3.8, 4) is 11.3 Å². The van der Waals surface area contributed by atoms with E-state index < -0.39 is 11.6 Å². The van der Waals surface area contributed by atoms with Gasteiger partial charge in [0.05, 0.1) is 17.7 Å². The first kappa shape index (κ1) is 10.8. The summed E-state index contributed by atoms with van der Waals surface area (Å²) in [4.78, 5) is 4.03. The fraction of sp³-hybridized carbons (Fsp3) is 0.182. The van der Waals surface area contributed by atoms with E-state index in [1.807, 2.05) is 0 Å². The third-order valence-corrected chi connectivity index (χ3v) is 2.39. The van der Waals surface area contributed by atoms with Gasteiger partial charge in [-0.2, -0.15) is 0 Å². The largest absolute Gasteiger partial charge is 0.333 e. The summed E-state index contributed by atoms with van der Waals surface area (Å²) in [6.07, 6.45) is 1.53. The quantitative estimate of drug-likeness (QED) is 0.844. The highest BCUT2D eigenvalue weighted by Gasteiger charge is 2.14. The number of nitrogens with zero attached hydrogens (tertiary/aromatic N) is 2. The number of imidazole rings is 1. The Morgan fingerprint density at radius 1 is 1.38 bits per heavy atom. The number of halogens is 2. The van der Waals surface area contributed by atoms with Crippen LogP contribution in [0.3, 0.4) is 0 Å². The second-order valence-electron chi connectivity index (χ2n) is 3.48. The second kappa shape index (κ2) is 4.02. The molecular formula is C11H11F2N3. The maximum absolute atomic E-state index is 13.6. The molecule has 1 aromatic carbocycles. The molecule has 0 fully saturated rings. The molecule has 0 radical (unpaired) electrons. The lowest BCUT2D eigenvalue weighted by Crippen LogP contribution is -2.02. The lowest BCUT2D eigenvalue weighted by molar-refractivity contribution is 0.601. The van der Waals surface area contributed by atoms with Crippen LogP contribution in [0.15, 0.2) is 24.5 Å². The van der Waals surface area contributed by atoms with Gasteiger partial charge in [0.25, 0.3) is 0 Å². The van der Waals surface area contributed by atoms with Gasteiger partial charge in [-0.15, -0.1) is 0 Å². The zero-order valence-electron chi connectivity index (χ0n) is 8.74. The molecule has 0 bridgehead atoms. The minimum absolute atomic E-state index is 0.181. The van der Waals surface area contributed by atoms with Crippen LogP contribution in [0.4, 0.5) is 8.78 Å². The number of aryl methyl sites for hydroxylation is 1. The first-order valence-corrected chi connectivity index (χ1v) is 4.79. The molecule has 0 spiro atoms. The Bertz CT molecular complexity index is 520. The van der Waals surface area contributed by atoms with Crippen LogP contribution in [0.5, 0.6) is 0 Å². The van der Waals surface area contributed by atoms with Crippen molar-refractivity contribution in [1.29, 1.82) is 0 Å². The average Bonchev–Trinajstić information content (AvgIpc) is 2.63. The summed E-state index contributed by atoms with van der Waals surface area (Å²) in [5, 5.41) is 0. The van der Waals surface area contributed by atoms with Crippen molar-refractivity contribution in [3.63, 3.8) is 0 Å². The van der Waals surface area contributed by atoms with Crippen molar-refractivity contribution in [2.45, 2.75) is 6.54 Å². The van der Waals surface area contributed by atoms with Gasteiger partial charge in [-0.05, 0) is 18.2 Å². The number of rotatable bonds is 2. The number of aromatic nitrogens is 2. The van der Waals surface area contributed by atoms with Crippen LogP contribution in [0, 0.1) is 11.6 Å². The number of nitrogens with two attached hydrogens (primary N) is 1. The van der Waals surface area contributed by atoms with E-state index >= 15 is 0 Å². The molecule has 0 amide bonds. The van der Waals surface area contributed by atoms with E-state index in [1.165, 1.54) is 6.33 Å². The van der Waals surface area contributed by atoms with Gasteiger partial charge in [0, 0.05) is 19.2 Å². The number of hydrogen-bond acceptors (Lipinski definition) is 2. The highest BCUT2D eigenvalue weighted by Crippen LogP contribution is 2.25. The molecule has 16 heavy (non-hydrogen) atoms. The predicted molar refractivity (Wildman–Crippen MR) is 56.5 cm³/mol. The number of benzene rings is 1. The Hall–Kier alpha value is -1.75. The van der Waals surface area contributed by atoms with E-state index in [2.05, 4.69) is 4.98 Å². The third kappa shape index (κ3) is 1.69. The van der Waals surface area contributed by atoms with Crippen molar-refractivity contribution in [2.24, 2.45) is 12.8 Å². The van der Waals surface area contributed by atoms with Gasteiger partial charge in [-0.3, -0.25) is 0 Å². The van der Waals surface area contributed by atoms with Gasteiger partial charge < -0.3 is 10.3 Å². The molecule has 0 atom stereocenters. The van der Waals surface area contributed by atoms with Crippen LogP contribution >= 0.6 is 0 Å². The molecule has 1 heterocycles. The Kier molecular flexibility index (Phi) is 2.70. The van der Waals surface area contributed by atoms with Crippen LogP contribution in [0.2, 0.25) is 0 Å². The van der Waals surface area contributed by atoms with Gasteiger partial charge in [-0.25, -0.2) is 13.8 Å². The van der Waals surface area contributed by atoms with Crippen LogP contribution in [-0.2, 0) is 13.6 Å². The summed E-state index contributed by atoms with van der Waals surface area (Å²) >= 11 is 0. The zero-order valence-corrected chi connectivity index (χ0v) is 8.74. The van der Waals surface area contributed by atoms with Crippen LogP contribution in [0.1, 0.15) is 5.69 Å². The van der Waals surface area contributed by atoms with Crippen molar-refractivity contribution >= 4 is 0 Å². The molecule has 5 heteroatoms. The lowest BCUT2D eigenvalue weighted by atomic mass is 10.1. The van der Waals surface area contributed by atoms with Gasteiger partial charge in [-0.1, -0.05) is 0 Å². The summed E-state index contributed by atoms with van der Waals surface area (Å²) < 4.78 is 28.3. The first-order valence-electron chi connectivity index (χ1n) is 4.79. The Morgan fingerprint density at radius 3 is 2.81 bits per heavy atom. The molecule has 0 aliphatic carbocycles. The van der Waals surface area contributed by atoms with E-state index in [-0.39, 0.29) is 12.1 Å². The molecule has 0 aliphatic rings. The van der Waals surface area contributed by atoms with Crippen LogP contribution in [-0.4, -0.2) is 9.55 Å². The molecule has 84 valence electrons. The van der Waals surface area contributed by atoms with E-state index in [1.54, 1.807) is 11.6 Å². The summed E-state index contributed by atoms with van der Waals surface area (Å²) in [5.41, 5.74) is 6.74. The summed E-state index contributed by atoms with van der Waals surface area (Å²) in [6, 6.07) is 3.32. The molecule has 2 rings (SSSR count). The SMILES string of the molecule is Cn1cnc(CN)c1-c1cc(F)ccc1F. The van der Waals surface area contributed by atoms with E-state index in [9.17, 15) is 8.78 Å². The van der Waals surface area contributed by atoms with Crippen molar-refractivity contribution in [1.82, 2.24) is 9.55 Å². The lowest BCUT2D eigenvalue weighted by Gasteiger charge is -2.06. The maximum Gasteiger partial charge on any atom is 0.132 e. The maximum atomic E-state index is 13.6. The summed E-state index contributed by atoms with van der Waals surface area (Å²) in [7, 11) is 1.71. The molecule has 0 saturated carbocycles. The fourth-order valence-electron chi connectivity index (χ4n) is 1.65. The highest BCUT2D eigenvalue weighted by molar-refractivity contribution is 5.63. The molecule has 0 saturated heterocycles. The summed E-state index contributed by atoms with van der Waals surface area (Å²) in [6.45, 7) is 0.187. The highest BCUT2D eigenvalue weighted by atomic mass is 19.1. The Labute approximate surface area is 91.5 Å². The average molecular weight is 223 g/mol. The first-order chi connectivity index (χ1) is 7.63. The third-order valence-electron chi connectivity index (χ3n) is 2.39. The minimum atomic E-state index is -0.486. The van der Waals surface area contributed by atoms with Crippen LogP contribution < -0.4 is 5.73 Å². The van der Waals surface area contributed by atoms with Crippen LogP contribution in [0.25, 0.3) is 11.3 Å². The molecule has 0 unspecified atom stereocenters. The fourth-order valence-corrected chi connectivity index (χ4v) is 1.65. The Morgan fingerprint density at radius 2 is 2.12 bits per heavy atom. The topological polar surface area (TPSA) is 43.8 Å². The predicted octanol–water partition coefficient (Wildman–Crippen LogP) is 1.82. The van der Waals surface area contributed by atoms with Crippen molar-refractivity contribution < 1.29 is 8.78 Å². The summed E-state index contributed by atoms with van der Waals surface area (Å²) in [5.74, 6) is -0.972. The van der Waals surface area contributed by atoms with E-state index in [4.69, 9.17) is 5.73 Å². The van der Waals surface area contributed by atoms with Crippen molar-refractivity contribution in [3.05, 3.63) is 41.9 Å². The monoisotopic (exact) mass is 223 g/mol. The van der Waals surface area contributed by atoms with E-state index in [0.717, 1.165) is 18.2 Å². The zero-order chi connectivity index (χ0) is 11.7. The van der Waals surface area contributed by atoms with Gasteiger partial charge in [0.15, 0.2) is 0 Å².